The molecule has 4 N–H and O–H groups in total. The molecule has 0 amide bonds. The summed E-state index contributed by atoms with van der Waals surface area (Å²) in [5.41, 5.74) is 0. The van der Waals surface area contributed by atoms with Crippen LogP contribution in [-0.4, -0.2) is 63.2 Å². The molecule has 0 aliphatic heterocycles. The molecule has 0 aliphatic rings. The Kier molecular flexibility index (Phi) is 19.9. The average Bonchev–Trinajstić information content (AvgIpc) is 2.78. The Labute approximate surface area is 194 Å². The van der Waals surface area contributed by atoms with Crippen molar-refractivity contribution in [2.24, 2.45) is 0 Å². The first-order valence-electron chi connectivity index (χ1n) is 12.7. The lowest BCUT2D eigenvalue weighted by Crippen LogP contribution is -2.48. The van der Waals surface area contributed by atoms with Crippen molar-refractivity contribution >= 4 is 11.8 Å². The van der Waals surface area contributed by atoms with E-state index in [9.17, 15) is 30.0 Å². The Morgan fingerprint density at radius 2 is 1.06 bits per heavy atom. The third-order valence-corrected chi connectivity index (χ3v) is 5.88. The van der Waals surface area contributed by atoms with Crippen LogP contribution in [0.15, 0.2) is 0 Å². The van der Waals surface area contributed by atoms with Gasteiger partial charge in [0.05, 0.1) is 0 Å². The second-order valence-electron chi connectivity index (χ2n) is 8.99. The van der Waals surface area contributed by atoms with Gasteiger partial charge in [-0.3, -0.25) is 9.59 Å². The lowest BCUT2D eigenvalue weighted by atomic mass is 10.0. The summed E-state index contributed by atoms with van der Waals surface area (Å²) in [7, 11) is 0. The molecule has 190 valence electrons. The van der Waals surface area contributed by atoms with Gasteiger partial charge in [0.15, 0.2) is 5.78 Å². The summed E-state index contributed by atoms with van der Waals surface area (Å²) < 4.78 is 4.91. The molecule has 0 fully saturated rings. The molecule has 0 aromatic carbocycles. The highest BCUT2D eigenvalue weighted by Crippen LogP contribution is 2.14. The number of rotatable bonds is 22. The smallest absolute Gasteiger partial charge is 0.305 e. The Balaban J connectivity index is 3.54. The standard InChI is InChI=1S/C25H48O7/c1-3-4-5-6-7-8-9-10-11-12-13-14-15-16-17-18-22(28)32-19-21(27)24(30)25(31)23(29)20(2)26/h21,23-25,27,29-31H,3-19H2,1-2H3/t21-,23+,24-,25-/m1/s1. The first-order valence-corrected chi connectivity index (χ1v) is 12.7. The van der Waals surface area contributed by atoms with E-state index in [1.807, 2.05) is 0 Å². The van der Waals surface area contributed by atoms with Crippen molar-refractivity contribution in [3.8, 4) is 0 Å². The number of ketones is 1. The van der Waals surface area contributed by atoms with Crippen LogP contribution in [0.2, 0.25) is 0 Å². The van der Waals surface area contributed by atoms with Crippen LogP contribution in [0.25, 0.3) is 0 Å². The number of ether oxygens (including phenoxy) is 1. The van der Waals surface area contributed by atoms with Crippen molar-refractivity contribution in [2.75, 3.05) is 6.61 Å². The van der Waals surface area contributed by atoms with E-state index in [0.29, 0.717) is 6.42 Å². The zero-order valence-electron chi connectivity index (χ0n) is 20.3. The zero-order valence-corrected chi connectivity index (χ0v) is 20.3. The number of Topliss-reactive ketones (excluding diaryl/α,β-unsaturated/α-hetero) is 1. The first kappa shape index (κ1) is 31.0. The fraction of sp³-hybridized carbons (Fsp3) is 0.920. The summed E-state index contributed by atoms with van der Waals surface area (Å²) in [4.78, 5) is 22.7. The monoisotopic (exact) mass is 460 g/mol. The van der Waals surface area contributed by atoms with Crippen LogP contribution >= 0.6 is 0 Å². The van der Waals surface area contributed by atoms with Gasteiger partial charge in [-0.1, -0.05) is 96.8 Å². The largest absolute Gasteiger partial charge is 0.463 e. The van der Waals surface area contributed by atoms with Gasteiger partial charge in [-0.05, 0) is 13.3 Å². The fourth-order valence-corrected chi connectivity index (χ4v) is 3.64. The Morgan fingerprint density at radius 1 is 0.656 bits per heavy atom. The topological polar surface area (TPSA) is 124 Å². The van der Waals surface area contributed by atoms with Crippen molar-refractivity contribution in [1.82, 2.24) is 0 Å². The molecule has 0 aliphatic carbocycles. The minimum atomic E-state index is -1.84. The molecule has 0 aromatic heterocycles. The summed E-state index contributed by atoms with van der Waals surface area (Å²) in [6, 6.07) is 0. The number of carbonyl (C=O) groups is 2. The van der Waals surface area contributed by atoms with Gasteiger partial charge in [0.2, 0.25) is 0 Å². The molecule has 0 heterocycles. The maximum Gasteiger partial charge on any atom is 0.305 e. The summed E-state index contributed by atoms with van der Waals surface area (Å²) in [5.74, 6) is -1.21. The molecule has 32 heavy (non-hydrogen) atoms. The highest BCUT2D eigenvalue weighted by molar-refractivity contribution is 5.80. The van der Waals surface area contributed by atoms with Gasteiger partial charge < -0.3 is 25.2 Å². The normalized spacial score (nSPS) is 15.2. The Hall–Kier alpha value is -1.02. The fourth-order valence-electron chi connectivity index (χ4n) is 3.64. The number of esters is 1. The number of aliphatic hydroxyl groups is 4. The number of aliphatic hydroxyl groups excluding tert-OH is 4. The van der Waals surface area contributed by atoms with Gasteiger partial charge in [-0.25, -0.2) is 0 Å². The summed E-state index contributed by atoms with van der Waals surface area (Å²) >= 11 is 0. The molecule has 0 spiro atoms. The third kappa shape index (κ3) is 16.6. The minimum absolute atomic E-state index is 0.236. The summed E-state index contributed by atoms with van der Waals surface area (Å²) in [6.07, 6.45) is 11.9. The molecule has 0 bridgehead atoms. The highest BCUT2D eigenvalue weighted by atomic mass is 16.5. The maximum absolute atomic E-state index is 11.7. The SMILES string of the molecule is CCCCCCCCCCCCCCCCCC(=O)OC[C@@H](O)[C@@H](O)[C@H](O)[C@@H](O)C(C)=O. The predicted molar refractivity (Wildman–Crippen MR) is 125 cm³/mol. The zero-order chi connectivity index (χ0) is 24.2. The molecular weight excluding hydrogens is 412 g/mol. The molecule has 0 unspecified atom stereocenters. The van der Waals surface area contributed by atoms with Gasteiger partial charge >= 0.3 is 5.97 Å². The summed E-state index contributed by atoms with van der Waals surface area (Å²) in [5, 5.41) is 38.5. The second-order valence-corrected chi connectivity index (χ2v) is 8.99. The first-order chi connectivity index (χ1) is 15.3. The van der Waals surface area contributed by atoms with E-state index in [2.05, 4.69) is 6.92 Å². The number of unbranched alkanes of at least 4 members (excludes halogenated alkanes) is 14. The van der Waals surface area contributed by atoms with Gasteiger partial charge in [0.25, 0.3) is 0 Å². The van der Waals surface area contributed by atoms with E-state index in [1.165, 1.54) is 77.0 Å². The average molecular weight is 461 g/mol. The van der Waals surface area contributed by atoms with E-state index < -0.39 is 42.8 Å². The van der Waals surface area contributed by atoms with Crippen LogP contribution in [0.5, 0.6) is 0 Å². The van der Waals surface area contributed by atoms with E-state index in [1.54, 1.807) is 0 Å². The van der Waals surface area contributed by atoms with E-state index in [-0.39, 0.29) is 6.42 Å². The Bertz CT molecular complexity index is 469. The van der Waals surface area contributed by atoms with Gasteiger partial charge in [-0.2, -0.15) is 0 Å². The van der Waals surface area contributed by atoms with Gasteiger partial charge in [0, 0.05) is 6.42 Å². The second kappa shape index (κ2) is 20.6. The number of hydrogen-bond donors (Lipinski definition) is 4. The van der Waals surface area contributed by atoms with Crippen LogP contribution in [0.4, 0.5) is 0 Å². The quantitative estimate of drug-likeness (QED) is 0.143. The van der Waals surface area contributed by atoms with Gasteiger partial charge in [0.1, 0.15) is 31.0 Å². The van der Waals surface area contributed by atoms with E-state index in [0.717, 1.165) is 19.8 Å². The lowest BCUT2D eigenvalue weighted by Gasteiger charge is -2.25. The molecule has 0 saturated heterocycles. The maximum atomic E-state index is 11.7. The van der Waals surface area contributed by atoms with E-state index in [4.69, 9.17) is 4.74 Å². The molecular formula is C25H48O7. The van der Waals surface area contributed by atoms with Crippen molar-refractivity contribution in [3.05, 3.63) is 0 Å². The third-order valence-electron chi connectivity index (χ3n) is 5.88. The highest BCUT2D eigenvalue weighted by Gasteiger charge is 2.33. The van der Waals surface area contributed by atoms with Crippen LogP contribution in [0, 0.1) is 0 Å². The van der Waals surface area contributed by atoms with Crippen LogP contribution < -0.4 is 0 Å². The Morgan fingerprint density at radius 3 is 1.47 bits per heavy atom. The van der Waals surface area contributed by atoms with Crippen molar-refractivity contribution < 1.29 is 34.8 Å². The molecule has 0 radical (unpaired) electrons. The van der Waals surface area contributed by atoms with Crippen molar-refractivity contribution in [1.29, 1.82) is 0 Å². The predicted octanol–water partition coefficient (Wildman–Crippen LogP) is 3.82. The minimum Gasteiger partial charge on any atom is -0.463 e. The molecule has 0 rings (SSSR count). The molecule has 0 saturated carbocycles. The molecule has 7 nitrogen and oxygen atoms in total. The summed E-state index contributed by atoms with van der Waals surface area (Å²) in [6.45, 7) is 2.81. The van der Waals surface area contributed by atoms with E-state index >= 15 is 0 Å². The lowest BCUT2D eigenvalue weighted by molar-refractivity contribution is -0.158. The van der Waals surface area contributed by atoms with Crippen molar-refractivity contribution in [2.45, 2.75) is 141 Å². The van der Waals surface area contributed by atoms with Crippen molar-refractivity contribution in [3.63, 3.8) is 0 Å². The van der Waals surface area contributed by atoms with Crippen LogP contribution in [0.3, 0.4) is 0 Å². The molecule has 0 aromatic rings. The molecule has 7 heteroatoms. The van der Waals surface area contributed by atoms with Crippen LogP contribution in [0.1, 0.15) is 117 Å². The number of carbonyl (C=O) groups excluding carboxylic acids is 2. The van der Waals surface area contributed by atoms with Crippen LogP contribution in [-0.2, 0) is 14.3 Å². The molecule has 4 atom stereocenters. The van der Waals surface area contributed by atoms with Gasteiger partial charge in [-0.15, -0.1) is 0 Å². The number of hydrogen-bond acceptors (Lipinski definition) is 7.